The highest BCUT2D eigenvalue weighted by Crippen LogP contribution is 2.27. The molecule has 37 heavy (non-hydrogen) atoms. The molecule has 1 amide bonds. The van der Waals surface area contributed by atoms with Crippen LogP contribution in [0.5, 0.6) is 0 Å². The van der Waals surface area contributed by atoms with E-state index < -0.39 is 15.9 Å². The Morgan fingerprint density at radius 1 is 0.946 bits per heavy atom. The number of carbonyl (C=O) groups excluding carboxylic acids is 1. The zero-order valence-electron chi connectivity index (χ0n) is 21.4. The molecule has 0 spiro atoms. The lowest BCUT2D eigenvalue weighted by Gasteiger charge is -2.28. The van der Waals surface area contributed by atoms with E-state index in [2.05, 4.69) is 27.6 Å². The summed E-state index contributed by atoms with van der Waals surface area (Å²) in [6.07, 6.45) is 2.16. The number of benzene rings is 3. The summed E-state index contributed by atoms with van der Waals surface area (Å²) in [6, 6.07) is 24.3. The second-order valence-electron chi connectivity index (χ2n) is 9.28. The molecule has 0 radical (unpaired) electrons. The third kappa shape index (κ3) is 6.84. The summed E-state index contributed by atoms with van der Waals surface area (Å²) in [5.41, 5.74) is 7.12. The number of sulfonamides is 1. The van der Waals surface area contributed by atoms with Gasteiger partial charge in [0.1, 0.15) is 6.54 Å². The van der Waals surface area contributed by atoms with Crippen LogP contribution in [-0.4, -0.2) is 44.6 Å². The number of nitrogens with one attached hydrogen (secondary N) is 1. The van der Waals surface area contributed by atoms with Crippen molar-refractivity contribution in [3.8, 4) is 0 Å². The first-order valence-electron chi connectivity index (χ1n) is 12.6. The molecule has 3 aromatic carbocycles. The van der Waals surface area contributed by atoms with Crippen LogP contribution in [0.2, 0.25) is 0 Å². The smallest absolute Gasteiger partial charge is 0.264 e. The predicted octanol–water partition coefficient (Wildman–Crippen LogP) is 4.52. The van der Waals surface area contributed by atoms with E-state index in [9.17, 15) is 13.2 Å². The van der Waals surface area contributed by atoms with Crippen molar-refractivity contribution in [2.75, 3.05) is 23.9 Å². The Bertz CT molecular complexity index is 1330. The average Bonchev–Trinajstić information content (AvgIpc) is 2.92. The molecule has 0 unspecified atom stereocenters. The highest BCUT2D eigenvalue weighted by molar-refractivity contribution is 7.92. The lowest BCUT2D eigenvalue weighted by atomic mass is 10.1. The van der Waals surface area contributed by atoms with E-state index in [1.165, 1.54) is 9.87 Å². The van der Waals surface area contributed by atoms with Gasteiger partial charge in [-0.05, 0) is 42.7 Å². The second-order valence-corrected chi connectivity index (χ2v) is 11.1. The third-order valence-corrected chi connectivity index (χ3v) is 8.33. The lowest BCUT2D eigenvalue weighted by molar-refractivity contribution is -0.119. The van der Waals surface area contributed by atoms with Gasteiger partial charge in [0.15, 0.2) is 0 Å². The molecule has 194 valence electrons. The van der Waals surface area contributed by atoms with Crippen molar-refractivity contribution in [2.24, 2.45) is 5.10 Å². The Morgan fingerprint density at radius 2 is 1.59 bits per heavy atom. The van der Waals surface area contributed by atoms with Crippen LogP contribution in [0.1, 0.15) is 36.5 Å². The Kier molecular flexibility index (Phi) is 8.74. The highest BCUT2D eigenvalue weighted by atomic mass is 32.2. The maximum atomic E-state index is 13.6. The SMILES string of the molecule is CCc1ccccc1N(CC(=O)NN=C1CCN(Cc2ccccc2)CC1)S(=O)(=O)c1ccc(C)cc1. The average molecular weight is 519 g/mol. The van der Waals surface area contributed by atoms with E-state index in [-0.39, 0.29) is 11.4 Å². The van der Waals surface area contributed by atoms with E-state index in [4.69, 9.17) is 0 Å². The zero-order valence-corrected chi connectivity index (χ0v) is 22.2. The zero-order chi connectivity index (χ0) is 26.3. The van der Waals surface area contributed by atoms with Crippen LogP contribution in [0.25, 0.3) is 0 Å². The van der Waals surface area contributed by atoms with Crippen LogP contribution < -0.4 is 9.73 Å². The first-order valence-corrected chi connectivity index (χ1v) is 14.1. The number of hydrogen-bond acceptors (Lipinski definition) is 5. The minimum Gasteiger partial charge on any atom is -0.298 e. The van der Waals surface area contributed by atoms with Crippen LogP contribution in [0.3, 0.4) is 0 Å². The summed E-state index contributed by atoms with van der Waals surface area (Å²) < 4.78 is 28.5. The Labute approximate surface area is 219 Å². The van der Waals surface area contributed by atoms with E-state index in [1.54, 1.807) is 36.4 Å². The van der Waals surface area contributed by atoms with E-state index in [0.717, 1.165) is 49.3 Å². The molecule has 0 bridgehead atoms. The standard InChI is InChI=1S/C29H34N4O3S/c1-3-25-11-7-8-12-28(25)33(37(35,36)27-15-13-23(2)14-16-27)22-29(34)31-30-26-17-19-32(20-18-26)21-24-9-5-4-6-10-24/h4-16H,3,17-22H2,1-2H3,(H,31,34). The number of likely N-dealkylation sites (tertiary alicyclic amines) is 1. The molecule has 1 N–H and O–H groups in total. The molecular formula is C29H34N4O3S. The molecule has 0 atom stereocenters. The number of piperidine rings is 1. The third-order valence-electron chi connectivity index (χ3n) is 6.56. The topological polar surface area (TPSA) is 82.1 Å². The molecule has 8 heteroatoms. The largest absolute Gasteiger partial charge is 0.298 e. The van der Waals surface area contributed by atoms with Crippen molar-refractivity contribution < 1.29 is 13.2 Å². The van der Waals surface area contributed by atoms with Crippen molar-refractivity contribution in [2.45, 2.75) is 44.6 Å². The quantitative estimate of drug-likeness (QED) is 0.422. The van der Waals surface area contributed by atoms with Gasteiger partial charge in [-0.15, -0.1) is 0 Å². The fourth-order valence-corrected chi connectivity index (χ4v) is 5.88. The number of hydrogen-bond donors (Lipinski definition) is 1. The van der Waals surface area contributed by atoms with Gasteiger partial charge in [0.25, 0.3) is 15.9 Å². The highest BCUT2D eigenvalue weighted by Gasteiger charge is 2.28. The minimum atomic E-state index is -3.96. The van der Waals surface area contributed by atoms with Gasteiger partial charge >= 0.3 is 0 Å². The molecule has 1 aliphatic heterocycles. The fraction of sp³-hybridized carbons (Fsp3) is 0.310. The number of aryl methyl sites for hydroxylation is 2. The van der Waals surface area contributed by atoms with E-state index in [1.807, 2.05) is 44.2 Å². The van der Waals surface area contributed by atoms with Crippen LogP contribution in [0.4, 0.5) is 5.69 Å². The summed E-state index contributed by atoms with van der Waals surface area (Å²) in [5.74, 6) is -0.471. The van der Waals surface area contributed by atoms with E-state index in [0.29, 0.717) is 12.1 Å². The lowest BCUT2D eigenvalue weighted by Crippen LogP contribution is -2.40. The van der Waals surface area contributed by atoms with Crippen molar-refractivity contribution in [3.05, 3.63) is 95.6 Å². The number of amides is 1. The number of hydrazone groups is 1. The van der Waals surface area contributed by atoms with Gasteiger partial charge in [-0.3, -0.25) is 14.0 Å². The first kappa shape index (κ1) is 26.6. The fourth-order valence-electron chi connectivity index (χ4n) is 4.42. The van der Waals surface area contributed by atoms with Gasteiger partial charge in [-0.2, -0.15) is 5.10 Å². The summed E-state index contributed by atoms with van der Waals surface area (Å²) in [6.45, 7) is 6.13. The molecule has 4 rings (SSSR count). The molecule has 1 heterocycles. The molecule has 7 nitrogen and oxygen atoms in total. The normalized spacial score (nSPS) is 14.3. The monoisotopic (exact) mass is 518 g/mol. The maximum Gasteiger partial charge on any atom is 0.264 e. The molecule has 0 aliphatic carbocycles. The van der Waals surface area contributed by atoms with Gasteiger partial charge in [0.2, 0.25) is 0 Å². The van der Waals surface area contributed by atoms with Crippen LogP contribution >= 0.6 is 0 Å². The van der Waals surface area contributed by atoms with Crippen molar-refractivity contribution in [1.82, 2.24) is 10.3 Å². The second kappa shape index (κ2) is 12.2. The summed E-state index contributed by atoms with van der Waals surface area (Å²) in [7, 11) is -3.96. The number of nitrogens with zero attached hydrogens (tertiary/aromatic N) is 3. The van der Waals surface area contributed by atoms with Gasteiger partial charge in [0, 0.05) is 38.2 Å². The summed E-state index contributed by atoms with van der Waals surface area (Å²) in [4.78, 5) is 15.5. The van der Waals surface area contributed by atoms with E-state index >= 15 is 0 Å². The van der Waals surface area contributed by atoms with Crippen molar-refractivity contribution in [1.29, 1.82) is 0 Å². The number of carbonyl (C=O) groups is 1. The van der Waals surface area contributed by atoms with Crippen LogP contribution in [0, 0.1) is 6.92 Å². The van der Waals surface area contributed by atoms with Crippen LogP contribution in [-0.2, 0) is 27.8 Å². The maximum absolute atomic E-state index is 13.6. The molecular weight excluding hydrogens is 484 g/mol. The van der Waals surface area contributed by atoms with Gasteiger partial charge in [0.05, 0.1) is 10.6 Å². The number of anilines is 1. The molecule has 0 aromatic heterocycles. The van der Waals surface area contributed by atoms with Gasteiger partial charge < -0.3 is 0 Å². The first-order chi connectivity index (χ1) is 17.9. The van der Waals surface area contributed by atoms with Crippen molar-refractivity contribution >= 4 is 27.3 Å². The summed E-state index contributed by atoms with van der Waals surface area (Å²) in [5, 5.41) is 4.35. The van der Waals surface area contributed by atoms with Gasteiger partial charge in [-0.1, -0.05) is 73.2 Å². The number of rotatable bonds is 9. The van der Waals surface area contributed by atoms with Crippen molar-refractivity contribution in [3.63, 3.8) is 0 Å². The Balaban J connectivity index is 1.45. The molecule has 0 saturated carbocycles. The van der Waals surface area contributed by atoms with Crippen LogP contribution in [0.15, 0.2) is 88.9 Å². The Hall–Kier alpha value is -3.49. The molecule has 1 fully saturated rings. The predicted molar refractivity (Wildman–Crippen MR) is 148 cm³/mol. The van der Waals surface area contributed by atoms with Gasteiger partial charge in [-0.25, -0.2) is 13.8 Å². The molecule has 1 aliphatic rings. The Morgan fingerprint density at radius 3 is 2.27 bits per heavy atom. The molecule has 3 aromatic rings. The molecule has 1 saturated heterocycles. The number of para-hydroxylation sites is 1. The summed E-state index contributed by atoms with van der Waals surface area (Å²) >= 11 is 0. The minimum absolute atomic E-state index is 0.147.